The zero-order chi connectivity index (χ0) is 21.6. The third kappa shape index (κ3) is 5.20. The number of hydrogen-bond acceptors (Lipinski definition) is 6. The zero-order valence-corrected chi connectivity index (χ0v) is 17.7. The summed E-state index contributed by atoms with van der Waals surface area (Å²) in [6, 6.07) is 18.2. The van der Waals surface area contributed by atoms with Crippen LogP contribution in [0.25, 0.3) is 11.4 Å². The first-order valence-electron chi connectivity index (χ1n) is 9.36. The number of nitrogens with zero attached hydrogens (tertiary/aromatic N) is 4. The molecule has 0 atom stereocenters. The molecule has 0 fully saturated rings. The number of hydrogen-bond donors (Lipinski definition) is 1. The molecule has 2 aromatic carbocycles. The van der Waals surface area contributed by atoms with Crippen molar-refractivity contribution in [3.63, 3.8) is 0 Å². The third-order valence-electron chi connectivity index (χ3n) is 4.30. The molecule has 0 unspecified atom stereocenters. The number of halogens is 2. The third-order valence-corrected chi connectivity index (χ3v) is 4.83. The smallest absolute Gasteiger partial charge is 0.287 e. The molecule has 0 aliphatic rings. The molecule has 0 saturated heterocycles. The van der Waals surface area contributed by atoms with E-state index in [4.69, 9.17) is 27.9 Å². The SMILES string of the molecule is O=C(COc1ccc(Cl)cc1Cl)n1nc(-c2cccnc2)nc1NCc1ccccc1. The van der Waals surface area contributed by atoms with Gasteiger partial charge in [-0.2, -0.15) is 9.67 Å². The van der Waals surface area contributed by atoms with Crippen LogP contribution in [0.4, 0.5) is 5.95 Å². The van der Waals surface area contributed by atoms with Gasteiger partial charge in [0.25, 0.3) is 5.91 Å². The average molecular weight is 454 g/mol. The molecule has 4 rings (SSSR count). The summed E-state index contributed by atoms with van der Waals surface area (Å²) in [7, 11) is 0. The van der Waals surface area contributed by atoms with Gasteiger partial charge < -0.3 is 10.1 Å². The molecule has 2 aromatic heterocycles. The Bertz CT molecular complexity index is 1180. The predicted octanol–water partition coefficient (Wildman–Crippen LogP) is 4.98. The molecule has 9 heteroatoms. The molecule has 2 heterocycles. The van der Waals surface area contributed by atoms with Crippen molar-refractivity contribution >= 4 is 35.1 Å². The molecule has 0 aliphatic carbocycles. The Labute approximate surface area is 188 Å². The van der Waals surface area contributed by atoms with Gasteiger partial charge in [-0.05, 0) is 35.9 Å². The number of nitrogens with one attached hydrogen (secondary N) is 1. The molecule has 0 spiro atoms. The highest BCUT2D eigenvalue weighted by molar-refractivity contribution is 6.35. The van der Waals surface area contributed by atoms with E-state index in [0.717, 1.165) is 5.56 Å². The summed E-state index contributed by atoms with van der Waals surface area (Å²) in [5.74, 6) is 0.620. The largest absolute Gasteiger partial charge is 0.482 e. The van der Waals surface area contributed by atoms with Gasteiger partial charge in [0, 0.05) is 29.5 Å². The zero-order valence-electron chi connectivity index (χ0n) is 16.2. The van der Waals surface area contributed by atoms with Gasteiger partial charge in [-0.1, -0.05) is 53.5 Å². The Morgan fingerprint density at radius 1 is 1.06 bits per heavy atom. The van der Waals surface area contributed by atoms with Crippen molar-refractivity contribution in [2.24, 2.45) is 0 Å². The summed E-state index contributed by atoms with van der Waals surface area (Å²) >= 11 is 12.0. The lowest BCUT2D eigenvalue weighted by Crippen LogP contribution is -2.22. The van der Waals surface area contributed by atoms with Crippen molar-refractivity contribution in [2.45, 2.75) is 6.54 Å². The maximum atomic E-state index is 12.9. The number of benzene rings is 2. The summed E-state index contributed by atoms with van der Waals surface area (Å²) in [5.41, 5.74) is 1.73. The highest BCUT2D eigenvalue weighted by Gasteiger charge is 2.18. The molecule has 0 saturated carbocycles. The molecular formula is C22H17Cl2N5O2. The second kappa shape index (κ2) is 9.59. The van der Waals surface area contributed by atoms with Crippen LogP contribution in [0, 0.1) is 0 Å². The molecular weight excluding hydrogens is 437 g/mol. The van der Waals surface area contributed by atoms with Gasteiger partial charge in [0.2, 0.25) is 5.95 Å². The van der Waals surface area contributed by atoms with E-state index in [1.807, 2.05) is 36.4 Å². The molecule has 1 N–H and O–H groups in total. The van der Waals surface area contributed by atoms with Gasteiger partial charge >= 0.3 is 0 Å². The second-order valence-electron chi connectivity index (χ2n) is 6.51. The van der Waals surface area contributed by atoms with Crippen LogP contribution in [0.1, 0.15) is 10.4 Å². The van der Waals surface area contributed by atoms with E-state index >= 15 is 0 Å². The van der Waals surface area contributed by atoms with Gasteiger partial charge in [-0.3, -0.25) is 9.78 Å². The standard InChI is InChI=1S/C22H17Cl2N5O2/c23-17-8-9-19(18(24)11-17)31-14-20(30)29-22(26-12-15-5-2-1-3-6-15)27-21(28-29)16-7-4-10-25-13-16/h1-11,13H,12,14H2,(H,26,27,28). The van der Waals surface area contributed by atoms with Crippen LogP contribution in [0.2, 0.25) is 10.0 Å². The highest BCUT2D eigenvalue weighted by Crippen LogP contribution is 2.27. The van der Waals surface area contributed by atoms with Crippen molar-refractivity contribution in [1.82, 2.24) is 19.7 Å². The van der Waals surface area contributed by atoms with E-state index < -0.39 is 5.91 Å². The molecule has 31 heavy (non-hydrogen) atoms. The number of anilines is 1. The van der Waals surface area contributed by atoms with E-state index in [-0.39, 0.29) is 6.61 Å². The van der Waals surface area contributed by atoms with E-state index in [9.17, 15) is 4.79 Å². The van der Waals surface area contributed by atoms with Gasteiger partial charge in [-0.15, -0.1) is 5.10 Å². The monoisotopic (exact) mass is 453 g/mol. The number of carbonyl (C=O) groups excluding carboxylic acids is 1. The Hall–Kier alpha value is -3.42. The van der Waals surface area contributed by atoms with E-state index in [1.165, 1.54) is 4.68 Å². The van der Waals surface area contributed by atoms with Crippen molar-refractivity contribution in [2.75, 3.05) is 11.9 Å². The summed E-state index contributed by atoms with van der Waals surface area (Å²) in [6.45, 7) is 0.195. The fourth-order valence-corrected chi connectivity index (χ4v) is 3.25. The minimum Gasteiger partial charge on any atom is -0.482 e. The first kappa shape index (κ1) is 20.8. The quantitative estimate of drug-likeness (QED) is 0.424. The first-order valence-corrected chi connectivity index (χ1v) is 10.1. The summed E-state index contributed by atoms with van der Waals surface area (Å²) < 4.78 is 6.76. The topological polar surface area (TPSA) is 81.9 Å². The van der Waals surface area contributed by atoms with Crippen molar-refractivity contribution in [3.05, 3.63) is 88.7 Å². The lowest BCUT2D eigenvalue weighted by Gasteiger charge is -2.09. The number of rotatable bonds is 7. The molecule has 7 nitrogen and oxygen atoms in total. The van der Waals surface area contributed by atoms with Crippen LogP contribution in [-0.4, -0.2) is 32.3 Å². The Kier molecular flexibility index (Phi) is 6.45. The average Bonchev–Trinajstić information content (AvgIpc) is 3.23. The predicted molar refractivity (Wildman–Crippen MR) is 120 cm³/mol. The van der Waals surface area contributed by atoms with Gasteiger partial charge in [0.15, 0.2) is 12.4 Å². The molecule has 0 amide bonds. The van der Waals surface area contributed by atoms with Gasteiger partial charge in [-0.25, -0.2) is 0 Å². The van der Waals surface area contributed by atoms with Crippen LogP contribution < -0.4 is 10.1 Å². The van der Waals surface area contributed by atoms with Gasteiger partial charge in [0.05, 0.1) is 5.02 Å². The van der Waals surface area contributed by atoms with Crippen molar-refractivity contribution < 1.29 is 9.53 Å². The molecule has 4 aromatic rings. The first-order chi connectivity index (χ1) is 15.1. The lowest BCUT2D eigenvalue weighted by molar-refractivity contribution is 0.0824. The van der Waals surface area contributed by atoms with Gasteiger partial charge in [0.1, 0.15) is 5.75 Å². The second-order valence-corrected chi connectivity index (χ2v) is 7.35. The lowest BCUT2D eigenvalue weighted by atomic mass is 10.2. The van der Waals surface area contributed by atoms with E-state index in [0.29, 0.717) is 39.7 Å². The van der Waals surface area contributed by atoms with Crippen molar-refractivity contribution in [1.29, 1.82) is 0 Å². The van der Waals surface area contributed by atoms with Crippen molar-refractivity contribution in [3.8, 4) is 17.1 Å². The summed E-state index contributed by atoms with van der Waals surface area (Å²) in [6.07, 6.45) is 3.29. The molecule has 156 valence electrons. The normalized spacial score (nSPS) is 10.6. The van der Waals surface area contributed by atoms with Crippen LogP contribution in [-0.2, 0) is 6.54 Å². The highest BCUT2D eigenvalue weighted by atomic mass is 35.5. The van der Waals surface area contributed by atoms with Crippen LogP contribution in [0.3, 0.4) is 0 Å². The number of ether oxygens (including phenoxy) is 1. The minimum absolute atomic E-state index is 0.281. The summed E-state index contributed by atoms with van der Waals surface area (Å²) in [5, 5.41) is 8.32. The Morgan fingerprint density at radius 3 is 2.65 bits per heavy atom. The Balaban J connectivity index is 1.56. The van der Waals surface area contributed by atoms with E-state index in [2.05, 4.69) is 20.4 Å². The Morgan fingerprint density at radius 2 is 1.90 bits per heavy atom. The molecule has 0 bridgehead atoms. The fourth-order valence-electron chi connectivity index (χ4n) is 2.79. The number of pyridine rings is 1. The minimum atomic E-state index is -0.413. The maximum absolute atomic E-state index is 12.9. The van der Waals surface area contributed by atoms with Crippen LogP contribution >= 0.6 is 23.2 Å². The van der Waals surface area contributed by atoms with Crippen LogP contribution in [0.5, 0.6) is 5.75 Å². The summed E-state index contributed by atoms with van der Waals surface area (Å²) in [4.78, 5) is 21.5. The van der Waals surface area contributed by atoms with Crippen LogP contribution in [0.15, 0.2) is 73.1 Å². The molecule has 0 radical (unpaired) electrons. The maximum Gasteiger partial charge on any atom is 0.287 e. The fraction of sp³-hybridized carbons (Fsp3) is 0.0909. The number of carbonyl (C=O) groups is 1. The van der Waals surface area contributed by atoms with E-state index in [1.54, 1.807) is 36.7 Å². The molecule has 0 aliphatic heterocycles. The number of aromatic nitrogens is 4.